The van der Waals surface area contributed by atoms with Gasteiger partial charge in [0.1, 0.15) is 0 Å². The molecular formula is C12H11Cl2NS. The minimum absolute atomic E-state index is 0.211. The monoisotopic (exact) mass is 271 g/mol. The summed E-state index contributed by atoms with van der Waals surface area (Å²) in [5, 5.41) is 0. The van der Waals surface area contributed by atoms with Gasteiger partial charge in [0.2, 0.25) is 0 Å². The number of hydrogen-bond acceptors (Lipinski definition) is 2. The fourth-order valence-corrected chi connectivity index (χ4v) is 3.22. The van der Waals surface area contributed by atoms with Crippen LogP contribution in [0, 0.1) is 6.92 Å². The average molecular weight is 272 g/mol. The molecule has 16 heavy (non-hydrogen) atoms. The molecule has 0 aliphatic heterocycles. The summed E-state index contributed by atoms with van der Waals surface area (Å²) < 4.78 is 1.34. The molecule has 0 fully saturated rings. The maximum atomic E-state index is 6.19. The lowest BCUT2D eigenvalue weighted by atomic mass is 9.98. The van der Waals surface area contributed by atoms with Crippen LogP contribution in [0.3, 0.4) is 0 Å². The topological polar surface area (TPSA) is 26.0 Å². The van der Waals surface area contributed by atoms with Gasteiger partial charge in [0.05, 0.1) is 14.7 Å². The molecule has 0 saturated heterocycles. The second-order valence-electron chi connectivity index (χ2n) is 3.61. The zero-order valence-electron chi connectivity index (χ0n) is 8.71. The number of rotatable bonds is 2. The van der Waals surface area contributed by atoms with Crippen LogP contribution in [0.2, 0.25) is 8.67 Å². The minimum atomic E-state index is -0.211. The normalized spacial score (nSPS) is 12.8. The van der Waals surface area contributed by atoms with E-state index in [0.717, 1.165) is 16.7 Å². The third-order valence-electron chi connectivity index (χ3n) is 2.54. The van der Waals surface area contributed by atoms with Gasteiger partial charge in [0.15, 0.2) is 0 Å². The summed E-state index contributed by atoms with van der Waals surface area (Å²) in [5.74, 6) is 0. The van der Waals surface area contributed by atoms with E-state index in [1.54, 1.807) is 0 Å². The van der Waals surface area contributed by atoms with Gasteiger partial charge in [-0.2, -0.15) is 0 Å². The van der Waals surface area contributed by atoms with Gasteiger partial charge in [-0.25, -0.2) is 0 Å². The first-order valence-electron chi connectivity index (χ1n) is 4.85. The number of benzene rings is 1. The Morgan fingerprint density at radius 2 is 1.88 bits per heavy atom. The Balaban J connectivity index is 2.43. The first-order chi connectivity index (χ1) is 7.59. The Labute approximate surface area is 109 Å². The minimum Gasteiger partial charge on any atom is -0.320 e. The molecule has 0 radical (unpaired) electrons. The molecule has 1 aromatic heterocycles. The Bertz CT molecular complexity index is 507. The number of aryl methyl sites for hydroxylation is 1. The van der Waals surface area contributed by atoms with Crippen molar-refractivity contribution in [3.63, 3.8) is 0 Å². The van der Waals surface area contributed by atoms with Crippen LogP contribution in [0.15, 0.2) is 30.3 Å². The van der Waals surface area contributed by atoms with Crippen LogP contribution in [0.25, 0.3) is 0 Å². The van der Waals surface area contributed by atoms with E-state index in [1.165, 1.54) is 11.3 Å². The molecule has 1 nitrogen and oxygen atoms in total. The van der Waals surface area contributed by atoms with Crippen LogP contribution in [-0.2, 0) is 0 Å². The van der Waals surface area contributed by atoms with Crippen molar-refractivity contribution in [2.75, 3.05) is 0 Å². The van der Waals surface area contributed by atoms with Crippen LogP contribution in [0.4, 0.5) is 0 Å². The number of thiophene rings is 1. The first-order valence-corrected chi connectivity index (χ1v) is 6.42. The highest BCUT2D eigenvalue weighted by atomic mass is 35.5. The summed E-state index contributed by atoms with van der Waals surface area (Å²) >= 11 is 13.4. The van der Waals surface area contributed by atoms with Crippen molar-refractivity contribution < 1.29 is 0 Å². The van der Waals surface area contributed by atoms with Crippen molar-refractivity contribution in [1.29, 1.82) is 0 Å². The van der Waals surface area contributed by atoms with Crippen molar-refractivity contribution in [3.05, 3.63) is 55.7 Å². The van der Waals surface area contributed by atoms with Crippen molar-refractivity contribution >= 4 is 34.5 Å². The Kier molecular flexibility index (Phi) is 3.55. The lowest BCUT2D eigenvalue weighted by Crippen LogP contribution is -2.12. The summed E-state index contributed by atoms with van der Waals surface area (Å²) in [6, 6.07) is 9.65. The molecular weight excluding hydrogens is 261 g/mol. The fraction of sp³-hybridized carbons (Fsp3) is 0.167. The third-order valence-corrected chi connectivity index (χ3v) is 4.06. The quantitative estimate of drug-likeness (QED) is 0.860. The van der Waals surface area contributed by atoms with Gasteiger partial charge in [-0.15, -0.1) is 11.3 Å². The van der Waals surface area contributed by atoms with Crippen molar-refractivity contribution in [3.8, 4) is 0 Å². The summed E-state index contributed by atoms with van der Waals surface area (Å²) in [4.78, 5) is 0. The van der Waals surface area contributed by atoms with E-state index in [9.17, 15) is 0 Å². The van der Waals surface area contributed by atoms with Gasteiger partial charge in [-0.05, 0) is 24.1 Å². The highest BCUT2D eigenvalue weighted by Crippen LogP contribution is 2.36. The maximum Gasteiger partial charge on any atom is 0.0995 e. The molecule has 0 aliphatic rings. The summed E-state index contributed by atoms with van der Waals surface area (Å²) in [6.45, 7) is 2.04. The summed E-state index contributed by atoms with van der Waals surface area (Å²) in [6.07, 6.45) is 0. The maximum absolute atomic E-state index is 6.19. The second-order valence-corrected chi connectivity index (χ2v) is 5.90. The van der Waals surface area contributed by atoms with E-state index in [0.29, 0.717) is 8.67 Å². The van der Waals surface area contributed by atoms with Crippen molar-refractivity contribution in [1.82, 2.24) is 0 Å². The van der Waals surface area contributed by atoms with Crippen LogP contribution in [-0.4, -0.2) is 0 Å². The number of nitrogens with two attached hydrogens (primary N) is 1. The molecule has 1 unspecified atom stereocenters. The summed E-state index contributed by atoms with van der Waals surface area (Å²) in [5.41, 5.74) is 9.33. The molecule has 1 aromatic carbocycles. The zero-order chi connectivity index (χ0) is 11.7. The summed E-state index contributed by atoms with van der Waals surface area (Å²) in [7, 11) is 0. The average Bonchev–Trinajstić information content (AvgIpc) is 2.58. The third kappa shape index (κ3) is 2.25. The van der Waals surface area contributed by atoms with Gasteiger partial charge < -0.3 is 5.73 Å². The lowest BCUT2D eigenvalue weighted by Gasteiger charge is -2.13. The number of hydrogen-bond donors (Lipinski definition) is 1. The second kappa shape index (κ2) is 4.76. The molecule has 2 rings (SSSR count). The van der Waals surface area contributed by atoms with E-state index in [4.69, 9.17) is 28.9 Å². The van der Waals surface area contributed by atoms with Crippen LogP contribution in [0.5, 0.6) is 0 Å². The molecule has 0 saturated carbocycles. The van der Waals surface area contributed by atoms with Gasteiger partial charge >= 0.3 is 0 Å². The van der Waals surface area contributed by atoms with Crippen molar-refractivity contribution in [2.45, 2.75) is 13.0 Å². The predicted molar refractivity (Wildman–Crippen MR) is 71.5 cm³/mol. The van der Waals surface area contributed by atoms with Crippen molar-refractivity contribution in [2.24, 2.45) is 5.73 Å². The molecule has 1 atom stereocenters. The molecule has 0 aliphatic carbocycles. The molecule has 1 heterocycles. The zero-order valence-corrected chi connectivity index (χ0v) is 11.0. The largest absolute Gasteiger partial charge is 0.320 e. The first kappa shape index (κ1) is 11.9. The molecule has 4 heteroatoms. The predicted octanol–water partition coefficient (Wildman–Crippen LogP) is 4.41. The molecule has 2 N–H and O–H groups in total. The standard InChI is InChI=1S/C12H11Cl2NS/c1-7-4-2-3-5-8(7)11(15)9-6-10(13)16-12(9)14/h2-6,11H,15H2,1H3. The lowest BCUT2D eigenvalue weighted by molar-refractivity contribution is 0.867. The van der Waals surface area contributed by atoms with Gasteiger partial charge in [-0.1, -0.05) is 47.5 Å². The molecule has 84 valence electrons. The fourth-order valence-electron chi connectivity index (χ4n) is 1.67. The highest BCUT2D eigenvalue weighted by Gasteiger charge is 2.16. The van der Waals surface area contributed by atoms with Gasteiger partial charge in [0, 0.05) is 5.56 Å². The van der Waals surface area contributed by atoms with E-state index < -0.39 is 0 Å². The van der Waals surface area contributed by atoms with E-state index in [2.05, 4.69) is 0 Å². The van der Waals surface area contributed by atoms with E-state index in [-0.39, 0.29) is 6.04 Å². The molecule has 0 bridgehead atoms. The van der Waals surface area contributed by atoms with E-state index >= 15 is 0 Å². The molecule has 0 amide bonds. The van der Waals surface area contributed by atoms with Crippen LogP contribution < -0.4 is 5.73 Å². The molecule has 0 spiro atoms. The van der Waals surface area contributed by atoms with Gasteiger partial charge in [-0.3, -0.25) is 0 Å². The molecule has 2 aromatic rings. The Hall–Kier alpha value is -0.540. The highest BCUT2D eigenvalue weighted by molar-refractivity contribution is 7.20. The van der Waals surface area contributed by atoms with E-state index in [1.807, 2.05) is 37.3 Å². The smallest absolute Gasteiger partial charge is 0.0995 e. The van der Waals surface area contributed by atoms with Crippen LogP contribution in [0.1, 0.15) is 22.7 Å². The van der Waals surface area contributed by atoms with Crippen LogP contribution >= 0.6 is 34.5 Å². The number of halogens is 2. The van der Waals surface area contributed by atoms with Gasteiger partial charge in [0.25, 0.3) is 0 Å². The Morgan fingerprint density at radius 3 is 2.44 bits per heavy atom. The SMILES string of the molecule is Cc1ccccc1C(N)c1cc(Cl)sc1Cl. The Morgan fingerprint density at radius 1 is 1.19 bits per heavy atom.